The van der Waals surface area contributed by atoms with E-state index in [0.717, 1.165) is 5.56 Å². The fourth-order valence-electron chi connectivity index (χ4n) is 2.88. The maximum Gasteiger partial charge on any atom is 0.239 e. The lowest BCUT2D eigenvalue weighted by Crippen LogP contribution is -2.33. The van der Waals surface area contributed by atoms with E-state index in [1.807, 2.05) is 41.4 Å². The average molecular weight is 327 g/mol. The van der Waals surface area contributed by atoms with Crippen LogP contribution in [0, 0.1) is 5.92 Å². The molecule has 2 heterocycles. The third-order valence-electron chi connectivity index (χ3n) is 4.14. The van der Waals surface area contributed by atoms with E-state index in [1.54, 1.807) is 10.7 Å². The summed E-state index contributed by atoms with van der Waals surface area (Å²) in [7, 11) is 0. The van der Waals surface area contributed by atoms with Crippen LogP contribution in [0.15, 0.2) is 42.6 Å². The molecule has 0 saturated carbocycles. The predicted molar refractivity (Wildman–Crippen MR) is 90.1 cm³/mol. The molecule has 24 heavy (non-hydrogen) atoms. The molecule has 3 N–H and O–H groups in total. The number of aromatic nitrogens is 2. The fraction of sp³-hybridized carbons (Fsp3) is 0.353. The van der Waals surface area contributed by atoms with Gasteiger partial charge in [0.25, 0.3) is 0 Å². The van der Waals surface area contributed by atoms with E-state index in [2.05, 4.69) is 10.4 Å². The maximum absolute atomic E-state index is 12.1. The largest absolute Gasteiger partial charge is 0.369 e. The lowest BCUT2D eigenvalue weighted by atomic mass is 10.1. The number of primary amides is 1. The first-order valence-electron chi connectivity index (χ1n) is 7.99. The maximum atomic E-state index is 12.1. The van der Waals surface area contributed by atoms with Crippen molar-refractivity contribution in [2.75, 3.05) is 25.0 Å². The Morgan fingerprint density at radius 3 is 2.75 bits per heavy atom. The fourth-order valence-corrected chi connectivity index (χ4v) is 2.88. The van der Waals surface area contributed by atoms with Crippen molar-refractivity contribution >= 4 is 17.6 Å². The summed E-state index contributed by atoms with van der Waals surface area (Å²) in [6.07, 6.45) is 2.55. The summed E-state index contributed by atoms with van der Waals surface area (Å²) < 4.78 is 1.78. The number of nitrogens with one attached hydrogen (secondary N) is 1. The summed E-state index contributed by atoms with van der Waals surface area (Å²) in [5.74, 6) is -0.0490. The van der Waals surface area contributed by atoms with E-state index in [4.69, 9.17) is 5.73 Å². The van der Waals surface area contributed by atoms with Crippen LogP contribution in [0.5, 0.6) is 0 Å². The monoisotopic (exact) mass is 327 g/mol. The van der Waals surface area contributed by atoms with Crippen LogP contribution in [0.3, 0.4) is 0 Å². The molecule has 1 atom stereocenters. The number of hydrogen-bond acceptors (Lipinski definition) is 4. The smallest absolute Gasteiger partial charge is 0.239 e. The highest BCUT2D eigenvalue weighted by molar-refractivity contribution is 5.91. The summed E-state index contributed by atoms with van der Waals surface area (Å²) in [5.41, 5.74) is 6.45. The van der Waals surface area contributed by atoms with Crippen molar-refractivity contribution in [3.05, 3.63) is 48.2 Å². The van der Waals surface area contributed by atoms with Gasteiger partial charge in [0.2, 0.25) is 11.8 Å². The van der Waals surface area contributed by atoms with Gasteiger partial charge < -0.3 is 11.1 Å². The molecule has 1 aromatic heterocycles. The quantitative estimate of drug-likeness (QED) is 0.816. The number of carbonyl (C=O) groups is 2. The minimum atomic E-state index is -0.294. The molecule has 1 saturated heterocycles. The highest BCUT2D eigenvalue weighted by atomic mass is 16.2. The summed E-state index contributed by atoms with van der Waals surface area (Å²) >= 11 is 0. The van der Waals surface area contributed by atoms with Crippen molar-refractivity contribution in [2.45, 2.75) is 13.0 Å². The van der Waals surface area contributed by atoms with Crippen molar-refractivity contribution in [3.63, 3.8) is 0 Å². The van der Waals surface area contributed by atoms with Crippen LogP contribution in [0.1, 0.15) is 12.0 Å². The van der Waals surface area contributed by atoms with Gasteiger partial charge in [-0.05, 0) is 18.5 Å². The van der Waals surface area contributed by atoms with Crippen LogP contribution in [0.25, 0.3) is 0 Å². The summed E-state index contributed by atoms with van der Waals surface area (Å²) in [6.45, 7) is 2.16. The van der Waals surface area contributed by atoms with Crippen LogP contribution < -0.4 is 11.1 Å². The number of nitrogens with two attached hydrogens (primary N) is 1. The number of anilines is 1. The molecule has 2 amide bonds. The Balaban J connectivity index is 1.49. The Labute approximate surface area is 140 Å². The SMILES string of the molecule is NC(=O)C1CCN(CC(=O)Nc2ccn(Cc3ccccc3)n2)C1. The van der Waals surface area contributed by atoms with Gasteiger partial charge in [0.15, 0.2) is 5.82 Å². The van der Waals surface area contributed by atoms with Gasteiger partial charge in [-0.2, -0.15) is 5.10 Å². The molecule has 0 bridgehead atoms. The molecular weight excluding hydrogens is 306 g/mol. The van der Waals surface area contributed by atoms with Crippen molar-refractivity contribution in [2.24, 2.45) is 11.7 Å². The van der Waals surface area contributed by atoms with Gasteiger partial charge in [-0.1, -0.05) is 30.3 Å². The van der Waals surface area contributed by atoms with Crippen LogP contribution in [-0.2, 0) is 16.1 Å². The van der Waals surface area contributed by atoms with Crippen molar-refractivity contribution in [1.82, 2.24) is 14.7 Å². The summed E-state index contributed by atoms with van der Waals surface area (Å²) in [6, 6.07) is 11.8. The van der Waals surface area contributed by atoms with Gasteiger partial charge >= 0.3 is 0 Å². The standard InChI is InChI=1S/C17H21N5O2/c18-17(24)14-6-8-21(11-14)12-16(23)19-15-7-9-22(20-15)10-13-4-2-1-3-5-13/h1-5,7,9,14H,6,8,10-12H2,(H2,18,24)(H,19,20,23). The lowest BCUT2D eigenvalue weighted by Gasteiger charge is -2.14. The Morgan fingerprint density at radius 2 is 2.04 bits per heavy atom. The van der Waals surface area contributed by atoms with E-state index < -0.39 is 0 Å². The van der Waals surface area contributed by atoms with E-state index >= 15 is 0 Å². The Morgan fingerprint density at radius 1 is 1.25 bits per heavy atom. The molecule has 0 spiro atoms. The number of amides is 2. The molecule has 126 valence electrons. The molecule has 2 aromatic rings. The van der Waals surface area contributed by atoms with E-state index in [0.29, 0.717) is 31.9 Å². The first-order valence-corrected chi connectivity index (χ1v) is 7.99. The molecule has 1 unspecified atom stereocenters. The van der Waals surface area contributed by atoms with Gasteiger partial charge in [0.1, 0.15) is 0 Å². The summed E-state index contributed by atoms with van der Waals surface area (Å²) in [5, 5.41) is 7.15. The highest BCUT2D eigenvalue weighted by Crippen LogP contribution is 2.15. The molecule has 3 rings (SSSR count). The van der Waals surface area contributed by atoms with Crippen molar-refractivity contribution in [3.8, 4) is 0 Å². The average Bonchev–Trinajstić information content (AvgIpc) is 3.18. The van der Waals surface area contributed by atoms with E-state index in [9.17, 15) is 9.59 Å². The third kappa shape index (κ3) is 4.20. The van der Waals surface area contributed by atoms with E-state index in [-0.39, 0.29) is 24.3 Å². The predicted octanol–water partition coefficient (Wildman–Crippen LogP) is 0.677. The second kappa shape index (κ2) is 7.27. The molecule has 7 heteroatoms. The van der Waals surface area contributed by atoms with E-state index in [1.165, 1.54) is 0 Å². The first-order chi connectivity index (χ1) is 11.6. The van der Waals surface area contributed by atoms with Gasteiger partial charge in [0, 0.05) is 18.8 Å². The molecule has 1 aromatic carbocycles. The molecule has 1 aliphatic rings. The van der Waals surface area contributed by atoms with Gasteiger partial charge in [-0.15, -0.1) is 0 Å². The third-order valence-corrected chi connectivity index (χ3v) is 4.14. The normalized spacial score (nSPS) is 17.8. The molecular formula is C17H21N5O2. The second-order valence-electron chi connectivity index (χ2n) is 6.06. The Bertz CT molecular complexity index is 713. The lowest BCUT2D eigenvalue weighted by molar-refractivity contribution is -0.122. The van der Waals surface area contributed by atoms with Crippen LogP contribution in [0.2, 0.25) is 0 Å². The van der Waals surface area contributed by atoms with Crippen LogP contribution >= 0.6 is 0 Å². The molecule has 7 nitrogen and oxygen atoms in total. The van der Waals surface area contributed by atoms with Crippen LogP contribution in [0.4, 0.5) is 5.82 Å². The molecule has 0 radical (unpaired) electrons. The highest BCUT2D eigenvalue weighted by Gasteiger charge is 2.27. The van der Waals surface area contributed by atoms with Crippen molar-refractivity contribution in [1.29, 1.82) is 0 Å². The Hall–Kier alpha value is -2.67. The van der Waals surface area contributed by atoms with Gasteiger partial charge in [-0.3, -0.25) is 19.2 Å². The van der Waals surface area contributed by atoms with Crippen LogP contribution in [-0.4, -0.2) is 46.1 Å². The number of benzene rings is 1. The second-order valence-corrected chi connectivity index (χ2v) is 6.06. The topological polar surface area (TPSA) is 93.3 Å². The molecule has 1 aliphatic heterocycles. The van der Waals surface area contributed by atoms with Gasteiger partial charge in [-0.25, -0.2) is 0 Å². The zero-order valence-electron chi connectivity index (χ0n) is 13.4. The van der Waals surface area contributed by atoms with Gasteiger partial charge in [0.05, 0.1) is 19.0 Å². The molecule has 0 aliphatic carbocycles. The zero-order valence-corrected chi connectivity index (χ0v) is 13.4. The van der Waals surface area contributed by atoms with Crippen molar-refractivity contribution < 1.29 is 9.59 Å². The number of hydrogen-bond donors (Lipinski definition) is 2. The minimum absolute atomic E-state index is 0.134. The summed E-state index contributed by atoms with van der Waals surface area (Å²) in [4.78, 5) is 25.2. The number of nitrogens with zero attached hydrogens (tertiary/aromatic N) is 3. The number of rotatable bonds is 6. The zero-order chi connectivity index (χ0) is 16.9. The number of carbonyl (C=O) groups excluding carboxylic acids is 2. The first kappa shape index (κ1) is 16.2. The Kier molecular flexibility index (Phi) is 4.90. The molecule has 1 fully saturated rings. The minimum Gasteiger partial charge on any atom is -0.369 e. The number of likely N-dealkylation sites (tertiary alicyclic amines) is 1.